The van der Waals surface area contributed by atoms with Gasteiger partial charge in [0.1, 0.15) is 11.3 Å². The second-order valence-corrected chi connectivity index (χ2v) is 2.88. The quantitative estimate of drug-likeness (QED) is 0.516. The number of rotatable bonds is 3. The van der Waals surface area contributed by atoms with Crippen molar-refractivity contribution in [3.8, 4) is 0 Å². The molecule has 0 aliphatic heterocycles. The summed E-state index contributed by atoms with van der Waals surface area (Å²) in [4.78, 5) is 33.0. The molecule has 2 N–H and O–H groups in total. The summed E-state index contributed by atoms with van der Waals surface area (Å²) in [7, 11) is 0. The maximum atomic E-state index is 11.3. The Hall–Kier alpha value is -1.65. The number of aromatic amines is 2. The molecule has 0 aliphatic rings. The van der Waals surface area contributed by atoms with E-state index < -0.39 is 11.3 Å². The van der Waals surface area contributed by atoms with E-state index in [0.29, 0.717) is 5.69 Å². The molecule has 70 valence electrons. The van der Waals surface area contributed by atoms with Gasteiger partial charge in [0.05, 0.1) is 6.42 Å². The lowest BCUT2D eigenvalue weighted by Gasteiger charge is -1.93. The summed E-state index contributed by atoms with van der Waals surface area (Å²) in [6, 6.07) is 0. The molecule has 0 radical (unpaired) electrons. The number of aromatic nitrogens is 2. The van der Waals surface area contributed by atoms with E-state index in [4.69, 9.17) is 0 Å². The smallest absolute Gasteiger partial charge is 0.275 e. The van der Waals surface area contributed by atoms with E-state index in [1.165, 1.54) is 6.92 Å². The van der Waals surface area contributed by atoms with Crippen LogP contribution in [0, 0.1) is 6.92 Å². The molecular formula is C8H10N2O3. The van der Waals surface area contributed by atoms with Gasteiger partial charge in [0.2, 0.25) is 0 Å². The second-order valence-electron chi connectivity index (χ2n) is 2.88. The van der Waals surface area contributed by atoms with Gasteiger partial charge in [-0.1, -0.05) is 0 Å². The molecule has 0 aromatic carbocycles. The standard InChI is InChI=1S/C8H10N2O3/c1-4(11)3-6(12)7-5(2)9-10-8(7)13/h3H2,1-2H3,(H2,9,10,13). The highest BCUT2D eigenvalue weighted by Crippen LogP contribution is 2.01. The Kier molecular flexibility index (Phi) is 2.46. The molecule has 13 heavy (non-hydrogen) atoms. The number of hydrogen-bond donors (Lipinski definition) is 2. The second kappa shape index (κ2) is 3.38. The Balaban J connectivity index is 3.01. The summed E-state index contributed by atoms with van der Waals surface area (Å²) in [5.41, 5.74) is 0.0511. The van der Waals surface area contributed by atoms with Crippen LogP contribution in [0.1, 0.15) is 29.4 Å². The summed E-state index contributed by atoms with van der Waals surface area (Å²) in [6.07, 6.45) is -0.220. The van der Waals surface area contributed by atoms with Gasteiger partial charge in [-0.25, -0.2) is 0 Å². The minimum absolute atomic E-state index is 0.0511. The maximum Gasteiger partial charge on any atom is 0.275 e. The first-order valence-electron chi connectivity index (χ1n) is 3.82. The average Bonchev–Trinajstić information content (AvgIpc) is 2.29. The molecule has 5 nitrogen and oxygen atoms in total. The summed E-state index contributed by atoms with van der Waals surface area (Å²) >= 11 is 0. The molecule has 1 aromatic rings. The highest BCUT2D eigenvalue weighted by Gasteiger charge is 2.16. The molecule has 0 atom stereocenters. The zero-order chi connectivity index (χ0) is 10.0. The molecule has 0 spiro atoms. The van der Waals surface area contributed by atoms with Crippen molar-refractivity contribution in [1.82, 2.24) is 10.2 Å². The molecule has 0 unspecified atom stereocenters. The summed E-state index contributed by atoms with van der Waals surface area (Å²) < 4.78 is 0. The Bertz CT molecular complexity index is 400. The topological polar surface area (TPSA) is 82.8 Å². The van der Waals surface area contributed by atoms with E-state index in [1.807, 2.05) is 0 Å². The van der Waals surface area contributed by atoms with Crippen LogP contribution in [0.15, 0.2) is 4.79 Å². The van der Waals surface area contributed by atoms with E-state index >= 15 is 0 Å². The van der Waals surface area contributed by atoms with Gasteiger partial charge in [0.15, 0.2) is 5.78 Å². The van der Waals surface area contributed by atoms with Crippen molar-refractivity contribution in [2.24, 2.45) is 0 Å². The zero-order valence-corrected chi connectivity index (χ0v) is 7.43. The Morgan fingerprint density at radius 1 is 1.31 bits per heavy atom. The number of ketones is 2. The number of Topliss-reactive ketones (excluding diaryl/α,β-unsaturated/α-hetero) is 2. The van der Waals surface area contributed by atoms with Crippen molar-refractivity contribution in [3.05, 3.63) is 21.6 Å². The first-order chi connectivity index (χ1) is 6.02. The fourth-order valence-corrected chi connectivity index (χ4v) is 1.10. The van der Waals surface area contributed by atoms with Crippen molar-refractivity contribution in [3.63, 3.8) is 0 Å². The number of carbonyl (C=O) groups excluding carboxylic acids is 2. The molecule has 0 amide bonds. The molecule has 0 bridgehead atoms. The van der Waals surface area contributed by atoms with Crippen LogP contribution in [0.3, 0.4) is 0 Å². The van der Waals surface area contributed by atoms with Gasteiger partial charge in [0.25, 0.3) is 5.56 Å². The Labute approximate surface area is 74.1 Å². The van der Waals surface area contributed by atoms with E-state index in [9.17, 15) is 14.4 Å². The Morgan fingerprint density at radius 2 is 1.92 bits per heavy atom. The van der Waals surface area contributed by atoms with Crippen LogP contribution >= 0.6 is 0 Å². The van der Waals surface area contributed by atoms with Gasteiger partial charge in [-0.05, 0) is 13.8 Å². The lowest BCUT2D eigenvalue weighted by Crippen LogP contribution is -2.15. The first kappa shape index (κ1) is 9.44. The minimum atomic E-state index is -0.469. The monoisotopic (exact) mass is 182 g/mol. The highest BCUT2D eigenvalue weighted by atomic mass is 16.2. The molecule has 1 aromatic heterocycles. The van der Waals surface area contributed by atoms with Gasteiger partial charge >= 0.3 is 0 Å². The number of hydrogen-bond acceptors (Lipinski definition) is 3. The number of carbonyl (C=O) groups is 2. The minimum Gasteiger partial charge on any atom is -0.302 e. The van der Waals surface area contributed by atoms with Gasteiger partial charge in [-0.2, -0.15) is 0 Å². The third-order valence-electron chi connectivity index (χ3n) is 1.65. The zero-order valence-electron chi connectivity index (χ0n) is 7.43. The number of nitrogens with one attached hydrogen (secondary N) is 2. The Morgan fingerprint density at radius 3 is 2.31 bits per heavy atom. The lowest BCUT2D eigenvalue weighted by atomic mass is 10.1. The molecule has 0 aliphatic carbocycles. The predicted molar refractivity (Wildman–Crippen MR) is 45.8 cm³/mol. The maximum absolute atomic E-state index is 11.3. The summed E-state index contributed by atoms with van der Waals surface area (Å²) in [5.74, 6) is -0.683. The van der Waals surface area contributed by atoms with Crippen molar-refractivity contribution in [2.45, 2.75) is 20.3 Å². The van der Waals surface area contributed by atoms with Crippen molar-refractivity contribution >= 4 is 11.6 Å². The SMILES string of the molecule is CC(=O)CC(=O)c1c(C)[nH][nH]c1=O. The van der Waals surface area contributed by atoms with E-state index in [2.05, 4.69) is 10.2 Å². The van der Waals surface area contributed by atoms with Crippen molar-refractivity contribution < 1.29 is 9.59 Å². The van der Waals surface area contributed by atoms with E-state index in [1.54, 1.807) is 6.92 Å². The van der Waals surface area contributed by atoms with E-state index in [0.717, 1.165) is 0 Å². The number of aryl methyl sites for hydroxylation is 1. The fraction of sp³-hybridized carbons (Fsp3) is 0.375. The third kappa shape index (κ3) is 1.93. The summed E-state index contributed by atoms with van der Waals surface area (Å²) in [5, 5.41) is 4.80. The largest absolute Gasteiger partial charge is 0.302 e. The molecule has 1 rings (SSSR count). The van der Waals surface area contributed by atoms with Crippen LogP contribution in [0.2, 0.25) is 0 Å². The normalized spacial score (nSPS) is 10.0. The molecular weight excluding hydrogens is 172 g/mol. The van der Waals surface area contributed by atoms with Crippen molar-refractivity contribution in [1.29, 1.82) is 0 Å². The first-order valence-corrected chi connectivity index (χ1v) is 3.82. The average molecular weight is 182 g/mol. The van der Waals surface area contributed by atoms with Crippen LogP contribution in [0.25, 0.3) is 0 Å². The van der Waals surface area contributed by atoms with Gasteiger partial charge in [-0.15, -0.1) is 0 Å². The van der Waals surface area contributed by atoms with Crippen molar-refractivity contribution in [2.75, 3.05) is 0 Å². The van der Waals surface area contributed by atoms with Gasteiger partial charge in [0, 0.05) is 5.69 Å². The lowest BCUT2D eigenvalue weighted by molar-refractivity contribution is -0.116. The van der Waals surface area contributed by atoms with Crippen LogP contribution in [0.4, 0.5) is 0 Å². The van der Waals surface area contributed by atoms with Gasteiger partial charge in [-0.3, -0.25) is 19.5 Å². The van der Waals surface area contributed by atoms with Crippen LogP contribution in [0.5, 0.6) is 0 Å². The van der Waals surface area contributed by atoms with Crippen LogP contribution in [-0.4, -0.2) is 21.8 Å². The molecule has 0 saturated carbocycles. The van der Waals surface area contributed by atoms with Crippen LogP contribution < -0.4 is 5.56 Å². The molecule has 0 fully saturated rings. The fourth-order valence-electron chi connectivity index (χ4n) is 1.10. The van der Waals surface area contributed by atoms with Crippen LogP contribution in [-0.2, 0) is 4.79 Å². The predicted octanol–water partition coefficient (Wildman–Crippen LogP) is 0.173. The molecule has 1 heterocycles. The van der Waals surface area contributed by atoms with E-state index in [-0.39, 0.29) is 17.8 Å². The molecule has 0 saturated heterocycles. The highest BCUT2D eigenvalue weighted by molar-refractivity contribution is 6.07. The third-order valence-corrected chi connectivity index (χ3v) is 1.65. The molecule has 5 heteroatoms. The number of H-pyrrole nitrogens is 2. The van der Waals surface area contributed by atoms with Gasteiger partial charge < -0.3 is 5.10 Å². The summed E-state index contributed by atoms with van der Waals surface area (Å²) in [6.45, 7) is 2.92.